The fourth-order valence-corrected chi connectivity index (χ4v) is 6.28. The van der Waals surface area contributed by atoms with Gasteiger partial charge in [-0.2, -0.15) is 0 Å². The largest absolute Gasteiger partial charge is 0.357 e. The highest BCUT2D eigenvalue weighted by atomic mass is 35.5. The number of hydrogen-bond donors (Lipinski definition) is 3. The fourth-order valence-electron chi connectivity index (χ4n) is 5.99. The van der Waals surface area contributed by atoms with Gasteiger partial charge in [0, 0.05) is 17.1 Å². The summed E-state index contributed by atoms with van der Waals surface area (Å²) in [5, 5.41) is 11.2. The number of nitrogens with one attached hydrogen (secondary N) is 3. The molecular formula is C26H30Cl2FN3O. The molecule has 1 heterocycles. The van der Waals surface area contributed by atoms with E-state index in [0.717, 1.165) is 56.9 Å². The van der Waals surface area contributed by atoms with Crippen LogP contribution in [0.5, 0.6) is 0 Å². The monoisotopic (exact) mass is 489 g/mol. The molecule has 4 nitrogen and oxygen atoms in total. The number of amides is 1. The molecule has 1 amide bonds. The molecule has 3 aliphatic rings. The molecule has 2 saturated carbocycles. The molecule has 2 atom stereocenters. The second-order valence-corrected chi connectivity index (χ2v) is 10.6. The molecule has 0 spiro atoms. The van der Waals surface area contributed by atoms with Gasteiger partial charge in [-0.1, -0.05) is 67.4 Å². The van der Waals surface area contributed by atoms with Gasteiger partial charge in [0.1, 0.15) is 11.5 Å². The number of benzene rings is 2. The molecule has 0 aromatic heterocycles. The SMILES string of the molecule is O=C(NC1CCCCC1)C(C1CCCC1)C1(c2ccc(Cl)cc2)Nc2cc(F)c(Cl)cc2N1. The Labute approximate surface area is 204 Å². The summed E-state index contributed by atoms with van der Waals surface area (Å²) in [6.07, 6.45) is 9.81. The average molecular weight is 490 g/mol. The van der Waals surface area contributed by atoms with Crippen molar-refractivity contribution in [2.24, 2.45) is 11.8 Å². The first-order valence-electron chi connectivity index (χ1n) is 12.1. The van der Waals surface area contributed by atoms with E-state index in [1.165, 1.54) is 12.5 Å². The third kappa shape index (κ3) is 4.42. The summed E-state index contributed by atoms with van der Waals surface area (Å²) >= 11 is 12.3. The minimum absolute atomic E-state index is 0.0547. The zero-order chi connectivity index (χ0) is 23.0. The van der Waals surface area contributed by atoms with Crippen LogP contribution < -0.4 is 16.0 Å². The molecule has 2 aromatic rings. The minimum atomic E-state index is -0.919. The van der Waals surface area contributed by atoms with Crippen molar-refractivity contribution in [1.29, 1.82) is 0 Å². The highest BCUT2D eigenvalue weighted by Crippen LogP contribution is 2.50. The number of fused-ring (bicyclic) bond motifs is 1. The smallest absolute Gasteiger partial charge is 0.228 e. The Hall–Kier alpha value is -1.98. The molecule has 0 bridgehead atoms. The van der Waals surface area contributed by atoms with Crippen molar-refractivity contribution in [3.63, 3.8) is 0 Å². The molecule has 0 radical (unpaired) electrons. The lowest BCUT2D eigenvalue weighted by Crippen LogP contribution is -2.56. The van der Waals surface area contributed by atoms with Gasteiger partial charge in [-0.15, -0.1) is 0 Å². The molecule has 2 aliphatic carbocycles. The van der Waals surface area contributed by atoms with Gasteiger partial charge in [0.05, 0.1) is 22.3 Å². The first-order chi connectivity index (χ1) is 16.0. The van der Waals surface area contributed by atoms with Crippen molar-refractivity contribution in [1.82, 2.24) is 5.32 Å². The van der Waals surface area contributed by atoms with E-state index in [1.54, 1.807) is 6.07 Å². The first-order valence-corrected chi connectivity index (χ1v) is 12.8. The van der Waals surface area contributed by atoms with E-state index in [4.69, 9.17) is 23.2 Å². The Balaban J connectivity index is 1.58. The van der Waals surface area contributed by atoms with E-state index in [-0.39, 0.29) is 28.8 Å². The fraction of sp³-hybridized carbons (Fsp3) is 0.500. The maximum absolute atomic E-state index is 14.4. The van der Waals surface area contributed by atoms with Crippen LogP contribution in [-0.2, 0) is 10.5 Å². The molecule has 3 N–H and O–H groups in total. The predicted octanol–water partition coefficient (Wildman–Crippen LogP) is 7.08. The van der Waals surface area contributed by atoms with Gasteiger partial charge in [-0.05, 0) is 55.4 Å². The molecule has 2 fully saturated rings. The predicted molar refractivity (Wildman–Crippen MR) is 132 cm³/mol. The van der Waals surface area contributed by atoms with E-state index in [0.29, 0.717) is 16.4 Å². The van der Waals surface area contributed by atoms with Gasteiger partial charge in [0.15, 0.2) is 0 Å². The highest BCUT2D eigenvalue weighted by Gasteiger charge is 2.52. The number of hydrogen-bond acceptors (Lipinski definition) is 3. The Morgan fingerprint density at radius 2 is 1.55 bits per heavy atom. The zero-order valence-electron chi connectivity index (χ0n) is 18.6. The van der Waals surface area contributed by atoms with Crippen molar-refractivity contribution in [2.75, 3.05) is 10.6 Å². The Bertz CT molecular complexity index is 986. The molecule has 5 rings (SSSR count). The molecular weight excluding hydrogens is 460 g/mol. The third-order valence-electron chi connectivity index (χ3n) is 7.60. The van der Waals surface area contributed by atoms with Crippen molar-refractivity contribution in [2.45, 2.75) is 69.5 Å². The van der Waals surface area contributed by atoms with Gasteiger partial charge in [-0.3, -0.25) is 4.79 Å². The van der Waals surface area contributed by atoms with Gasteiger partial charge >= 0.3 is 0 Å². The van der Waals surface area contributed by atoms with Gasteiger partial charge in [0.25, 0.3) is 0 Å². The molecule has 0 saturated heterocycles. The number of carbonyl (C=O) groups is 1. The summed E-state index contributed by atoms with van der Waals surface area (Å²) in [7, 11) is 0. The molecule has 176 valence electrons. The Morgan fingerprint density at radius 3 is 2.21 bits per heavy atom. The van der Waals surface area contributed by atoms with E-state index < -0.39 is 11.5 Å². The second kappa shape index (κ2) is 9.34. The Kier molecular flexibility index (Phi) is 6.45. The van der Waals surface area contributed by atoms with Crippen LogP contribution in [0.3, 0.4) is 0 Å². The molecule has 2 unspecified atom stereocenters. The van der Waals surface area contributed by atoms with Crippen molar-refractivity contribution >= 4 is 40.5 Å². The van der Waals surface area contributed by atoms with Crippen LogP contribution in [0, 0.1) is 17.7 Å². The lowest BCUT2D eigenvalue weighted by molar-refractivity contribution is -0.129. The normalized spacial score (nSPS) is 24.1. The maximum atomic E-state index is 14.4. The topological polar surface area (TPSA) is 53.2 Å². The van der Waals surface area contributed by atoms with Crippen LogP contribution in [0.25, 0.3) is 0 Å². The zero-order valence-corrected chi connectivity index (χ0v) is 20.1. The second-order valence-electron chi connectivity index (χ2n) is 9.74. The van der Waals surface area contributed by atoms with Gasteiger partial charge in [0.2, 0.25) is 5.91 Å². The maximum Gasteiger partial charge on any atom is 0.228 e. The molecule has 2 aromatic carbocycles. The highest BCUT2D eigenvalue weighted by molar-refractivity contribution is 6.31. The van der Waals surface area contributed by atoms with Crippen LogP contribution in [0.1, 0.15) is 63.4 Å². The molecule has 33 heavy (non-hydrogen) atoms. The average Bonchev–Trinajstić information content (AvgIpc) is 3.44. The third-order valence-corrected chi connectivity index (χ3v) is 8.14. The minimum Gasteiger partial charge on any atom is -0.357 e. The van der Waals surface area contributed by atoms with E-state index >= 15 is 0 Å². The number of anilines is 2. The van der Waals surface area contributed by atoms with Gasteiger partial charge < -0.3 is 16.0 Å². The first kappa shape index (κ1) is 22.8. The summed E-state index contributed by atoms with van der Waals surface area (Å²) in [6.45, 7) is 0. The summed E-state index contributed by atoms with van der Waals surface area (Å²) in [5.41, 5.74) is 1.29. The Morgan fingerprint density at radius 1 is 0.939 bits per heavy atom. The number of halogens is 3. The van der Waals surface area contributed by atoms with Crippen LogP contribution in [0.4, 0.5) is 15.8 Å². The van der Waals surface area contributed by atoms with Crippen molar-refractivity contribution < 1.29 is 9.18 Å². The van der Waals surface area contributed by atoms with Crippen LogP contribution in [0.2, 0.25) is 10.0 Å². The summed E-state index contributed by atoms with van der Waals surface area (Å²) in [4.78, 5) is 14.0. The van der Waals surface area contributed by atoms with Crippen molar-refractivity contribution in [3.8, 4) is 0 Å². The van der Waals surface area contributed by atoms with Crippen LogP contribution in [0.15, 0.2) is 36.4 Å². The standard InChI is InChI=1S/C26H30Cl2FN3O/c27-18-12-10-17(11-13-18)26(31-22-14-20(28)21(29)15-23(22)32-26)24(16-6-4-5-7-16)25(33)30-19-8-2-1-3-9-19/h10-16,19,24,31-32H,1-9H2,(H,30,33). The van der Waals surface area contributed by atoms with Crippen LogP contribution in [-0.4, -0.2) is 11.9 Å². The summed E-state index contributed by atoms with van der Waals surface area (Å²) in [6, 6.07) is 10.8. The van der Waals surface area contributed by atoms with Gasteiger partial charge in [-0.25, -0.2) is 4.39 Å². The number of carbonyl (C=O) groups excluding carboxylic acids is 1. The summed E-state index contributed by atoms with van der Waals surface area (Å²) in [5.74, 6) is -0.597. The van der Waals surface area contributed by atoms with E-state index in [2.05, 4.69) is 16.0 Å². The van der Waals surface area contributed by atoms with Crippen molar-refractivity contribution in [3.05, 3.63) is 57.8 Å². The number of rotatable bonds is 5. The lowest BCUT2D eigenvalue weighted by atomic mass is 9.75. The summed E-state index contributed by atoms with van der Waals surface area (Å²) < 4.78 is 14.4. The van der Waals surface area contributed by atoms with E-state index in [9.17, 15) is 9.18 Å². The molecule has 1 aliphatic heterocycles. The van der Waals surface area contributed by atoms with Crippen LogP contribution >= 0.6 is 23.2 Å². The molecule has 7 heteroatoms. The van der Waals surface area contributed by atoms with E-state index in [1.807, 2.05) is 24.3 Å². The quantitative estimate of drug-likeness (QED) is 0.420. The lowest BCUT2D eigenvalue weighted by Gasteiger charge is -2.42.